The van der Waals surface area contributed by atoms with Crippen LogP contribution in [0, 0.1) is 0 Å². The zero-order valence-corrected chi connectivity index (χ0v) is 20.0. The molecule has 0 atom stereocenters. The summed E-state index contributed by atoms with van der Waals surface area (Å²) in [5, 5.41) is 0. The summed E-state index contributed by atoms with van der Waals surface area (Å²) in [4.78, 5) is 24.4. The minimum absolute atomic E-state index is 0.0510. The van der Waals surface area contributed by atoms with Gasteiger partial charge < -0.3 is 0 Å². The van der Waals surface area contributed by atoms with Crippen molar-refractivity contribution in [1.82, 2.24) is 0 Å². The van der Waals surface area contributed by atoms with Gasteiger partial charge in [-0.15, -0.1) is 0 Å². The Hall–Kier alpha value is -4.05. The molecule has 4 rings (SSSR count). The third-order valence-electron chi connectivity index (χ3n) is 4.81. The summed E-state index contributed by atoms with van der Waals surface area (Å²) in [7, 11) is 0. The van der Waals surface area contributed by atoms with Crippen LogP contribution < -0.4 is 9.47 Å². The molecule has 0 fully saturated rings. The molecule has 4 aromatic rings. The number of carbonyl (C=O) groups is 2. The summed E-state index contributed by atoms with van der Waals surface area (Å²) in [6.45, 7) is 0. The summed E-state index contributed by atoms with van der Waals surface area (Å²) in [5.74, 6) is 1.73. The molecule has 172 valence electrons. The van der Waals surface area contributed by atoms with E-state index in [1.165, 1.54) is 0 Å². The van der Waals surface area contributed by atoms with Crippen molar-refractivity contribution in [2.24, 2.45) is 0 Å². The molecule has 6 nitrogen and oxygen atoms in total. The Bertz CT molecular complexity index is 1160. The van der Waals surface area contributed by atoms with Gasteiger partial charge in [-0.25, -0.2) is 0 Å². The number of para-hydroxylation sites is 2. The number of carbonyl (C=O) groups excluding carboxylic acids is 2. The second-order valence-corrected chi connectivity index (χ2v) is 8.22. The fourth-order valence-corrected chi connectivity index (χ4v) is 3.66. The topological polar surface area (TPSA) is 71.1 Å². The Morgan fingerprint density at radius 1 is 0.514 bits per heavy atom. The predicted octanol–water partition coefficient (Wildman–Crippen LogP) is 5.68. The minimum atomic E-state index is -1.25. The van der Waals surface area contributed by atoms with Gasteiger partial charge in [0.2, 0.25) is 0 Å². The van der Waals surface area contributed by atoms with Crippen molar-refractivity contribution in [2.45, 2.75) is 12.8 Å². The summed E-state index contributed by atoms with van der Waals surface area (Å²) < 4.78 is 21.9. The van der Waals surface area contributed by atoms with Crippen LogP contribution >= 0.6 is 0 Å². The number of hydrogen-bond donors (Lipinski definition) is 0. The molecule has 0 saturated carbocycles. The van der Waals surface area contributed by atoms with E-state index in [9.17, 15) is 9.59 Å². The van der Waals surface area contributed by atoms with Crippen LogP contribution in [-0.4, -0.2) is 27.8 Å². The SMILES string of the molecule is O=C(Cc1cccc(Oc2ccccc2)c1)[O][Al+][O]C(=O)Cc1cccc(Oc2ccccc2)c1. The van der Waals surface area contributed by atoms with Crippen molar-refractivity contribution in [2.75, 3.05) is 0 Å². The molecule has 0 heterocycles. The fourth-order valence-electron chi connectivity index (χ4n) is 3.24. The Morgan fingerprint density at radius 2 is 0.914 bits per heavy atom. The average Bonchev–Trinajstić information content (AvgIpc) is 2.86. The molecule has 0 saturated heterocycles. The molecule has 0 unspecified atom stereocenters. The summed E-state index contributed by atoms with van der Waals surface area (Å²) >= 11 is -1.25. The molecule has 0 N–H and O–H groups in total. The molecule has 0 aromatic heterocycles. The third kappa shape index (κ3) is 8.04. The fraction of sp³-hybridized carbons (Fsp3) is 0.0714. The van der Waals surface area contributed by atoms with E-state index >= 15 is 0 Å². The van der Waals surface area contributed by atoms with Crippen molar-refractivity contribution in [3.05, 3.63) is 120 Å². The normalized spacial score (nSPS) is 10.1. The van der Waals surface area contributed by atoms with Gasteiger partial charge in [-0.2, -0.15) is 0 Å². The van der Waals surface area contributed by atoms with Crippen molar-refractivity contribution >= 4 is 27.8 Å². The Kier molecular flexibility index (Phi) is 8.55. The number of ether oxygens (including phenoxy) is 2. The maximum absolute atomic E-state index is 12.2. The van der Waals surface area contributed by atoms with E-state index in [1.807, 2.05) is 97.1 Å². The second-order valence-electron chi connectivity index (χ2n) is 7.55. The summed E-state index contributed by atoms with van der Waals surface area (Å²) in [6.07, 6.45) is 0.102. The molecule has 4 aromatic carbocycles. The van der Waals surface area contributed by atoms with E-state index in [-0.39, 0.29) is 12.8 Å². The number of hydrogen-bond acceptors (Lipinski definition) is 6. The summed E-state index contributed by atoms with van der Waals surface area (Å²) in [6, 6.07) is 33.2. The molecule has 35 heavy (non-hydrogen) atoms. The molecular weight excluding hydrogens is 459 g/mol. The molecule has 0 amide bonds. The van der Waals surface area contributed by atoms with Gasteiger partial charge in [-0.05, 0) is 0 Å². The van der Waals surface area contributed by atoms with E-state index in [0.29, 0.717) is 23.0 Å². The Labute approximate surface area is 210 Å². The van der Waals surface area contributed by atoms with Gasteiger partial charge in [-0.3, -0.25) is 0 Å². The first kappa shape index (κ1) is 24.1. The van der Waals surface area contributed by atoms with E-state index in [4.69, 9.17) is 17.1 Å². The van der Waals surface area contributed by atoms with Gasteiger partial charge in [0.25, 0.3) is 0 Å². The van der Waals surface area contributed by atoms with Crippen molar-refractivity contribution < 1.29 is 26.6 Å². The zero-order valence-electron chi connectivity index (χ0n) is 18.8. The molecular formula is C28H22AlO6+. The van der Waals surface area contributed by atoms with Gasteiger partial charge >= 0.3 is 211 Å². The number of benzene rings is 4. The van der Waals surface area contributed by atoms with E-state index in [0.717, 1.165) is 11.1 Å². The van der Waals surface area contributed by atoms with Crippen LogP contribution in [0.25, 0.3) is 0 Å². The van der Waals surface area contributed by atoms with E-state index in [2.05, 4.69) is 0 Å². The van der Waals surface area contributed by atoms with Crippen LogP contribution in [0.4, 0.5) is 0 Å². The van der Waals surface area contributed by atoms with E-state index in [1.54, 1.807) is 12.1 Å². The van der Waals surface area contributed by atoms with Crippen LogP contribution in [0.5, 0.6) is 23.0 Å². The Morgan fingerprint density at radius 3 is 1.34 bits per heavy atom. The predicted molar refractivity (Wildman–Crippen MR) is 131 cm³/mol. The summed E-state index contributed by atoms with van der Waals surface area (Å²) in [5.41, 5.74) is 1.48. The molecule has 0 aliphatic rings. The van der Waals surface area contributed by atoms with Crippen molar-refractivity contribution in [3.8, 4) is 23.0 Å². The van der Waals surface area contributed by atoms with Crippen molar-refractivity contribution in [1.29, 1.82) is 0 Å². The van der Waals surface area contributed by atoms with Gasteiger partial charge in [0.1, 0.15) is 0 Å². The van der Waals surface area contributed by atoms with Crippen LogP contribution in [0.3, 0.4) is 0 Å². The van der Waals surface area contributed by atoms with Crippen LogP contribution in [-0.2, 0) is 30.0 Å². The van der Waals surface area contributed by atoms with Gasteiger partial charge in [0.05, 0.1) is 0 Å². The average molecular weight is 481 g/mol. The van der Waals surface area contributed by atoms with Gasteiger partial charge in [-0.1, -0.05) is 0 Å². The Balaban J connectivity index is 1.21. The van der Waals surface area contributed by atoms with Gasteiger partial charge in [0, 0.05) is 0 Å². The van der Waals surface area contributed by atoms with E-state index < -0.39 is 27.8 Å². The third-order valence-corrected chi connectivity index (χ3v) is 5.53. The molecule has 0 aliphatic carbocycles. The molecule has 0 bridgehead atoms. The second kappa shape index (κ2) is 12.4. The molecule has 0 aliphatic heterocycles. The quantitative estimate of drug-likeness (QED) is 0.272. The first-order valence-electron chi connectivity index (χ1n) is 11.0. The maximum atomic E-state index is 12.2. The van der Waals surface area contributed by atoms with Crippen LogP contribution in [0.2, 0.25) is 0 Å². The monoisotopic (exact) mass is 481 g/mol. The molecule has 0 spiro atoms. The van der Waals surface area contributed by atoms with Gasteiger partial charge in [0.15, 0.2) is 0 Å². The van der Waals surface area contributed by atoms with Crippen LogP contribution in [0.1, 0.15) is 11.1 Å². The van der Waals surface area contributed by atoms with Crippen LogP contribution in [0.15, 0.2) is 109 Å². The first-order chi connectivity index (χ1) is 17.1. The molecule has 0 radical (unpaired) electrons. The van der Waals surface area contributed by atoms with Crippen molar-refractivity contribution in [3.63, 3.8) is 0 Å². The standard InChI is InChI=1S/2C14H12O3.Al/c2*15-14(16)10-11-5-4-8-13(9-11)17-12-6-2-1-3-7-12;/h2*1-9H,10H2,(H,15,16);/q;;+3/p-2. The number of rotatable bonds is 10. The zero-order chi connectivity index (χ0) is 24.3. The molecule has 7 heteroatoms. The first-order valence-corrected chi connectivity index (χ1v) is 11.9.